The zero-order valence-electron chi connectivity index (χ0n) is 6.48. The van der Waals surface area contributed by atoms with Crippen molar-refractivity contribution in [3.8, 4) is 0 Å². The first kappa shape index (κ1) is 5.76. The van der Waals surface area contributed by atoms with Crippen molar-refractivity contribution in [2.75, 3.05) is 0 Å². The van der Waals surface area contributed by atoms with Crippen molar-refractivity contribution in [2.24, 2.45) is 17.3 Å². The average molecular weight is 124 g/mol. The van der Waals surface area contributed by atoms with Gasteiger partial charge in [-0.25, -0.2) is 0 Å². The summed E-state index contributed by atoms with van der Waals surface area (Å²) in [7, 11) is 0. The van der Waals surface area contributed by atoms with Gasteiger partial charge in [0.25, 0.3) is 0 Å². The highest BCUT2D eigenvalue weighted by Gasteiger charge is 2.41. The maximum absolute atomic E-state index is 2.42. The van der Waals surface area contributed by atoms with Gasteiger partial charge in [0, 0.05) is 0 Å². The molecule has 3 fully saturated rings. The third-order valence-corrected chi connectivity index (χ3v) is 3.02. The van der Waals surface area contributed by atoms with E-state index < -0.39 is 0 Å². The van der Waals surface area contributed by atoms with E-state index in [9.17, 15) is 0 Å². The maximum Gasteiger partial charge on any atom is -0.0349 e. The SMILES string of the molecule is CC1(C)CC2CC(C2)C1. The van der Waals surface area contributed by atoms with Crippen LogP contribution in [0.5, 0.6) is 0 Å². The van der Waals surface area contributed by atoms with Crippen LogP contribution in [-0.2, 0) is 0 Å². The van der Waals surface area contributed by atoms with Crippen LogP contribution >= 0.6 is 0 Å². The van der Waals surface area contributed by atoms with Gasteiger partial charge >= 0.3 is 0 Å². The largest absolute Gasteiger partial charge is 0.0599 e. The zero-order valence-corrected chi connectivity index (χ0v) is 6.48. The van der Waals surface area contributed by atoms with Crippen LogP contribution in [0.4, 0.5) is 0 Å². The van der Waals surface area contributed by atoms with Crippen LogP contribution in [0.2, 0.25) is 0 Å². The summed E-state index contributed by atoms with van der Waals surface area (Å²) in [6.45, 7) is 4.84. The Morgan fingerprint density at radius 1 is 1.00 bits per heavy atom. The van der Waals surface area contributed by atoms with Crippen molar-refractivity contribution >= 4 is 0 Å². The van der Waals surface area contributed by atoms with E-state index in [1.165, 1.54) is 12.8 Å². The predicted molar refractivity (Wildman–Crippen MR) is 39.2 cm³/mol. The lowest BCUT2D eigenvalue weighted by molar-refractivity contribution is 0.0199. The first-order valence-corrected chi connectivity index (χ1v) is 4.16. The molecule has 3 aliphatic carbocycles. The van der Waals surface area contributed by atoms with Crippen molar-refractivity contribution < 1.29 is 0 Å². The Morgan fingerprint density at radius 2 is 1.44 bits per heavy atom. The molecule has 9 heavy (non-hydrogen) atoms. The lowest BCUT2D eigenvalue weighted by Crippen LogP contribution is -2.38. The summed E-state index contributed by atoms with van der Waals surface area (Å²) in [6, 6.07) is 0. The van der Waals surface area contributed by atoms with Gasteiger partial charge in [0.2, 0.25) is 0 Å². The average Bonchev–Trinajstić information content (AvgIpc) is 1.58. The van der Waals surface area contributed by atoms with Crippen LogP contribution in [0.25, 0.3) is 0 Å². The van der Waals surface area contributed by atoms with Crippen molar-refractivity contribution in [2.45, 2.75) is 39.5 Å². The Morgan fingerprint density at radius 3 is 1.67 bits per heavy atom. The first-order chi connectivity index (χ1) is 4.16. The summed E-state index contributed by atoms with van der Waals surface area (Å²) in [4.78, 5) is 0. The van der Waals surface area contributed by atoms with E-state index in [1.54, 1.807) is 12.8 Å². The standard InChI is InChI=1S/C9H16/c1-9(2)5-7-3-8(4-7)6-9/h7-8H,3-6H2,1-2H3. The highest BCUT2D eigenvalue weighted by Crippen LogP contribution is 2.53. The van der Waals surface area contributed by atoms with Crippen LogP contribution in [-0.4, -0.2) is 0 Å². The zero-order chi connectivity index (χ0) is 6.48. The molecule has 2 bridgehead atoms. The van der Waals surface area contributed by atoms with Gasteiger partial charge in [0.1, 0.15) is 0 Å². The van der Waals surface area contributed by atoms with E-state index in [0.29, 0.717) is 5.41 Å². The minimum atomic E-state index is 0.700. The Labute approximate surface area is 57.6 Å². The second-order valence-corrected chi connectivity index (χ2v) is 4.78. The minimum Gasteiger partial charge on any atom is -0.0599 e. The summed E-state index contributed by atoms with van der Waals surface area (Å²) in [5.74, 6) is 2.25. The molecule has 0 saturated heterocycles. The topological polar surface area (TPSA) is 0 Å². The fourth-order valence-corrected chi connectivity index (χ4v) is 2.85. The fraction of sp³-hybridized carbons (Fsp3) is 1.00. The molecule has 3 aliphatic rings. The third-order valence-electron chi connectivity index (χ3n) is 3.02. The lowest BCUT2D eigenvalue weighted by atomic mass is 9.56. The molecule has 0 aromatic rings. The van der Waals surface area contributed by atoms with E-state index in [-0.39, 0.29) is 0 Å². The molecule has 0 heteroatoms. The second-order valence-electron chi connectivity index (χ2n) is 4.78. The number of rotatable bonds is 0. The first-order valence-electron chi connectivity index (χ1n) is 4.16. The van der Waals surface area contributed by atoms with E-state index in [4.69, 9.17) is 0 Å². The van der Waals surface area contributed by atoms with E-state index >= 15 is 0 Å². The van der Waals surface area contributed by atoms with Gasteiger partial charge in [-0.15, -0.1) is 0 Å². The summed E-state index contributed by atoms with van der Waals surface area (Å²) >= 11 is 0. The van der Waals surface area contributed by atoms with E-state index in [1.807, 2.05) is 0 Å². The van der Waals surface area contributed by atoms with Gasteiger partial charge in [-0.05, 0) is 42.9 Å². The number of hydrogen-bond acceptors (Lipinski definition) is 0. The molecule has 3 rings (SSSR count). The highest BCUT2D eigenvalue weighted by molar-refractivity contribution is 4.92. The fourth-order valence-electron chi connectivity index (χ4n) is 2.85. The van der Waals surface area contributed by atoms with Crippen LogP contribution < -0.4 is 0 Å². The van der Waals surface area contributed by atoms with E-state index in [0.717, 1.165) is 11.8 Å². The van der Waals surface area contributed by atoms with Gasteiger partial charge in [-0.1, -0.05) is 13.8 Å². The molecule has 0 unspecified atom stereocenters. The van der Waals surface area contributed by atoms with Crippen molar-refractivity contribution in [3.63, 3.8) is 0 Å². The molecule has 52 valence electrons. The number of fused-ring (bicyclic) bond motifs is 2. The third kappa shape index (κ3) is 0.889. The van der Waals surface area contributed by atoms with Crippen molar-refractivity contribution in [1.82, 2.24) is 0 Å². The Kier molecular flexibility index (Phi) is 0.980. The van der Waals surface area contributed by atoms with Gasteiger partial charge in [-0.3, -0.25) is 0 Å². The van der Waals surface area contributed by atoms with Crippen LogP contribution in [0.15, 0.2) is 0 Å². The molecule has 3 saturated carbocycles. The lowest BCUT2D eigenvalue weighted by Gasteiger charge is -2.49. The van der Waals surface area contributed by atoms with Crippen LogP contribution in [0.3, 0.4) is 0 Å². The molecule has 0 heterocycles. The van der Waals surface area contributed by atoms with Gasteiger partial charge in [0.05, 0.1) is 0 Å². The summed E-state index contributed by atoms with van der Waals surface area (Å²) < 4.78 is 0. The Balaban J connectivity index is 2.04. The molecule has 0 radical (unpaired) electrons. The Bertz CT molecular complexity index is 106. The van der Waals surface area contributed by atoms with Gasteiger partial charge in [-0.2, -0.15) is 0 Å². The molecule has 0 atom stereocenters. The van der Waals surface area contributed by atoms with Crippen molar-refractivity contribution in [1.29, 1.82) is 0 Å². The second kappa shape index (κ2) is 1.53. The molecule has 0 spiro atoms. The van der Waals surface area contributed by atoms with Gasteiger partial charge in [0.15, 0.2) is 0 Å². The highest BCUT2D eigenvalue weighted by atomic mass is 14.5. The van der Waals surface area contributed by atoms with E-state index in [2.05, 4.69) is 13.8 Å². The summed E-state index contributed by atoms with van der Waals surface area (Å²) in [5.41, 5.74) is 0.700. The summed E-state index contributed by atoms with van der Waals surface area (Å²) in [6.07, 6.45) is 6.12. The van der Waals surface area contributed by atoms with Gasteiger partial charge < -0.3 is 0 Å². The van der Waals surface area contributed by atoms with Crippen LogP contribution in [0, 0.1) is 17.3 Å². The number of hydrogen-bond donors (Lipinski definition) is 0. The van der Waals surface area contributed by atoms with Crippen molar-refractivity contribution in [3.05, 3.63) is 0 Å². The Hall–Kier alpha value is 0. The molecule has 0 amide bonds. The predicted octanol–water partition coefficient (Wildman–Crippen LogP) is 2.83. The normalized spacial score (nSPS) is 46.0. The molecular formula is C9H16. The quantitative estimate of drug-likeness (QED) is 0.466. The molecule has 0 N–H and O–H groups in total. The minimum absolute atomic E-state index is 0.700. The molecule has 0 aromatic heterocycles. The molecule has 0 aliphatic heterocycles. The molecular weight excluding hydrogens is 108 g/mol. The maximum atomic E-state index is 2.42. The smallest absolute Gasteiger partial charge is 0.0349 e. The molecule has 0 aromatic carbocycles. The molecule has 0 nitrogen and oxygen atoms in total. The summed E-state index contributed by atoms with van der Waals surface area (Å²) in [5, 5.41) is 0. The van der Waals surface area contributed by atoms with Crippen LogP contribution in [0.1, 0.15) is 39.5 Å². The monoisotopic (exact) mass is 124 g/mol.